The highest BCUT2D eigenvalue weighted by atomic mass is 35.5. The monoisotopic (exact) mass is 282 g/mol. The first-order valence-electron chi connectivity index (χ1n) is 6.32. The third kappa shape index (κ3) is 2.69. The molecule has 5 heteroatoms. The van der Waals surface area contributed by atoms with Gasteiger partial charge in [-0.05, 0) is 30.5 Å². The fourth-order valence-corrected chi connectivity index (χ4v) is 2.65. The molecule has 1 unspecified atom stereocenters. The lowest BCUT2D eigenvalue weighted by atomic mass is 9.90. The molecule has 4 nitrogen and oxygen atoms in total. The average Bonchev–Trinajstić information content (AvgIpc) is 2.81. The van der Waals surface area contributed by atoms with Gasteiger partial charge in [-0.1, -0.05) is 24.6 Å². The summed E-state index contributed by atoms with van der Waals surface area (Å²) < 4.78 is 5.23. The van der Waals surface area contributed by atoms with Gasteiger partial charge in [0.2, 0.25) is 0 Å². The molecular weight excluding hydrogens is 264 g/mol. The molecule has 0 aromatic heterocycles. The van der Waals surface area contributed by atoms with E-state index in [2.05, 4.69) is 6.92 Å². The maximum atomic E-state index is 12.6. The largest absolute Gasteiger partial charge is 0.496 e. The number of rotatable bonds is 3. The van der Waals surface area contributed by atoms with Gasteiger partial charge in [0.05, 0.1) is 12.1 Å². The predicted molar refractivity (Wildman–Crippen MR) is 75.7 cm³/mol. The summed E-state index contributed by atoms with van der Waals surface area (Å²) in [7, 11) is 1.54. The number of carbonyl (C=O) groups is 1. The molecule has 0 aliphatic carbocycles. The molecule has 0 radical (unpaired) electrons. The van der Waals surface area contributed by atoms with Crippen LogP contribution >= 0.6 is 11.6 Å². The zero-order valence-corrected chi connectivity index (χ0v) is 12.0. The van der Waals surface area contributed by atoms with E-state index >= 15 is 0 Å². The predicted octanol–water partition coefficient (Wildman–Crippen LogP) is 2.16. The number of methoxy groups -OCH3 is 1. The van der Waals surface area contributed by atoms with Crippen molar-refractivity contribution in [1.29, 1.82) is 0 Å². The lowest BCUT2D eigenvalue weighted by Gasteiger charge is -2.23. The molecule has 1 heterocycles. The molecule has 0 saturated carbocycles. The van der Waals surface area contributed by atoms with Crippen molar-refractivity contribution in [2.75, 3.05) is 26.7 Å². The van der Waals surface area contributed by atoms with Crippen LogP contribution < -0.4 is 10.5 Å². The number of nitrogens with two attached hydrogens (primary N) is 1. The van der Waals surface area contributed by atoms with Crippen molar-refractivity contribution in [3.05, 3.63) is 28.8 Å². The second-order valence-electron chi connectivity index (χ2n) is 5.31. The Kier molecular flexibility index (Phi) is 4.02. The van der Waals surface area contributed by atoms with E-state index in [1.165, 1.54) is 7.11 Å². The first-order chi connectivity index (χ1) is 9.00. The molecule has 1 aromatic carbocycles. The molecule has 19 heavy (non-hydrogen) atoms. The van der Waals surface area contributed by atoms with Crippen LogP contribution in [0, 0.1) is 5.41 Å². The van der Waals surface area contributed by atoms with Crippen LogP contribution in [0.3, 0.4) is 0 Å². The quantitative estimate of drug-likeness (QED) is 0.924. The molecule has 1 atom stereocenters. The summed E-state index contributed by atoms with van der Waals surface area (Å²) in [5.41, 5.74) is 6.21. The maximum absolute atomic E-state index is 12.6. The van der Waals surface area contributed by atoms with Crippen LogP contribution in [-0.4, -0.2) is 37.6 Å². The second kappa shape index (κ2) is 5.39. The summed E-state index contributed by atoms with van der Waals surface area (Å²) in [6, 6.07) is 5.22. The summed E-state index contributed by atoms with van der Waals surface area (Å²) >= 11 is 6.13. The standard InChI is InChI=1S/C14H19ClN2O2/c1-14(8-16)6-7-17(9-14)13(18)12-10(15)4-3-5-11(12)19-2/h3-5H,6-9,16H2,1-2H3. The number of likely N-dealkylation sites (tertiary alicyclic amines) is 1. The van der Waals surface area contributed by atoms with Crippen LogP contribution in [0.5, 0.6) is 5.75 Å². The minimum Gasteiger partial charge on any atom is -0.496 e. The van der Waals surface area contributed by atoms with Crippen molar-refractivity contribution < 1.29 is 9.53 Å². The van der Waals surface area contributed by atoms with E-state index in [9.17, 15) is 4.79 Å². The van der Waals surface area contributed by atoms with E-state index in [0.717, 1.165) is 6.42 Å². The summed E-state index contributed by atoms with van der Waals surface area (Å²) in [6.45, 7) is 4.05. The van der Waals surface area contributed by atoms with E-state index < -0.39 is 0 Å². The fraction of sp³-hybridized carbons (Fsp3) is 0.500. The molecule has 1 aliphatic rings. The van der Waals surface area contributed by atoms with Gasteiger partial charge in [0.1, 0.15) is 11.3 Å². The van der Waals surface area contributed by atoms with Crippen molar-refractivity contribution in [3.8, 4) is 5.75 Å². The van der Waals surface area contributed by atoms with Crippen molar-refractivity contribution in [2.45, 2.75) is 13.3 Å². The number of benzene rings is 1. The summed E-state index contributed by atoms with van der Waals surface area (Å²) in [4.78, 5) is 14.4. The number of hydrogen-bond acceptors (Lipinski definition) is 3. The van der Waals surface area contributed by atoms with E-state index in [0.29, 0.717) is 36.0 Å². The molecule has 104 valence electrons. The Morgan fingerprint density at radius 1 is 1.58 bits per heavy atom. The minimum atomic E-state index is -0.0837. The van der Waals surface area contributed by atoms with Crippen LogP contribution in [0.2, 0.25) is 5.02 Å². The third-order valence-corrected chi connectivity index (χ3v) is 4.06. The van der Waals surface area contributed by atoms with E-state index in [1.807, 2.05) is 0 Å². The van der Waals surface area contributed by atoms with Gasteiger partial charge in [-0.15, -0.1) is 0 Å². The zero-order chi connectivity index (χ0) is 14.0. The van der Waals surface area contributed by atoms with Crippen molar-refractivity contribution in [3.63, 3.8) is 0 Å². The summed E-state index contributed by atoms with van der Waals surface area (Å²) in [6.07, 6.45) is 0.919. The topological polar surface area (TPSA) is 55.6 Å². The first kappa shape index (κ1) is 14.2. The lowest BCUT2D eigenvalue weighted by Crippen LogP contribution is -2.34. The molecule has 1 saturated heterocycles. The van der Waals surface area contributed by atoms with Crippen LogP contribution in [-0.2, 0) is 0 Å². The second-order valence-corrected chi connectivity index (χ2v) is 5.72. The normalized spacial score (nSPS) is 22.6. The van der Waals surface area contributed by atoms with Gasteiger partial charge in [-0.25, -0.2) is 0 Å². The Bertz CT molecular complexity index is 492. The maximum Gasteiger partial charge on any atom is 0.259 e. The molecule has 1 fully saturated rings. The number of amides is 1. The Morgan fingerprint density at radius 3 is 2.89 bits per heavy atom. The van der Waals surface area contributed by atoms with E-state index in [-0.39, 0.29) is 11.3 Å². The first-order valence-corrected chi connectivity index (χ1v) is 6.70. The molecule has 1 amide bonds. The van der Waals surface area contributed by atoms with Gasteiger partial charge in [-0.2, -0.15) is 0 Å². The van der Waals surface area contributed by atoms with E-state index in [4.69, 9.17) is 22.1 Å². The average molecular weight is 283 g/mol. The molecular formula is C14H19ClN2O2. The number of ether oxygens (including phenoxy) is 1. The van der Waals surface area contributed by atoms with Gasteiger partial charge >= 0.3 is 0 Å². The molecule has 0 bridgehead atoms. The van der Waals surface area contributed by atoms with E-state index in [1.54, 1.807) is 23.1 Å². The Hall–Kier alpha value is -1.26. The zero-order valence-electron chi connectivity index (χ0n) is 11.3. The van der Waals surface area contributed by atoms with Crippen LogP contribution in [0.1, 0.15) is 23.7 Å². The Balaban J connectivity index is 2.26. The summed E-state index contributed by atoms with van der Waals surface area (Å²) in [5, 5.41) is 0.422. The van der Waals surface area contributed by atoms with Crippen LogP contribution in [0.15, 0.2) is 18.2 Å². The highest BCUT2D eigenvalue weighted by Crippen LogP contribution is 2.33. The Labute approximate surface area is 118 Å². The third-order valence-electron chi connectivity index (χ3n) is 3.75. The molecule has 2 rings (SSSR count). The summed E-state index contributed by atoms with van der Waals surface area (Å²) in [5.74, 6) is 0.429. The number of nitrogens with zero attached hydrogens (tertiary/aromatic N) is 1. The van der Waals surface area contributed by atoms with Crippen molar-refractivity contribution in [2.24, 2.45) is 11.1 Å². The molecule has 0 spiro atoms. The fourth-order valence-electron chi connectivity index (χ4n) is 2.40. The number of carbonyl (C=O) groups excluding carboxylic acids is 1. The van der Waals surface area contributed by atoms with Crippen molar-refractivity contribution >= 4 is 17.5 Å². The highest BCUT2D eigenvalue weighted by Gasteiger charge is 2.36. The lowest BCUT2D eigenvalue weighted by molar-refractivity contribution is 0.0773. The molecule has 2 N–H and O–H groups in total. The van der Waals surface area contributed by atoms with Gasteiger partial charge < -0.3 is 15.4 Å². The Morgan fingerprint density at radius 2 is 2.32 bits per heavy atom. The number of hydrogen-bond donors (Lipinski definition) is 1. The van der Waals surface area contributed by atoms with Gasteiger partial charge in [0.25, 0.3) is 5.91 Å². The minimum absolute atomic E-state index is 0.00412. The van der Waals surface area contributed by atoms with Crippen LogP contribution in [0.4, 0.5) is 0 Å². The van der Waals surface area contributed by atoms with Gasteiger partial charge in [0, 0.05) is 13.1 Å². The SMILES string of the molecule is COc1cccc(Cl)c1C(=O)N1CCC(C)(CN)C1. The van der Waals surface area contributed by atoms with Crippen LogP contribution in [0.25, 0.3) is 0 Å². The smallest absolute Gasteiger partial charge is 0.259 e. The van der Waals surface area contributed by atoms with Gasteiger partial charge in [0.15, 0.2) is 0 Å². The van der Waals surface area contributed by atoms with Crippen molar-refractivity contribution in [1.82, 2.24) is 4.90 Å². The molecule has 1 aliphatic heterocycles. The molecule has 1 aromatic rings. The number of halogens is 1. The van der Waals surface area contributed by atoms with Gasteiger partial charge in [-0.3, -0.25) is 4.79 Å². The highest BCUT2D eigenvalue weighted by molar-refractivity contribution is 6.34.